The molecule has 170 valence electrons. The van der Waals surface area contributed by atoms with Gasteiger partial charge in [0.2, 0.25) is 0 Å². The fourth-order valence-corrected chi connectivity index (χ4v) is 4.83. The molecule has 12 heteroatoms. The average molecular weight is 523 g/mol. The Morgan fingerprint density at radius 1 is 1.16 bits per heavy atom. The molecule has 1 unspecified atom stereocenters. The van der Waals surface area contributed by atoms with E-state index in [0.717, 1.165) is 36.5 Å². The minimum absolute atomic E-state index is 0.335. The first-order chi connectivity index (χ1) is 15.1. The number of carboxylic acid groups (broad SMARTS) is 1. The Labute approximate surface area is 194 Å². The number of carbonyl (C=O) groups is 1. The molecule has 32 heavy (non-hydrogen) atoms. The predicted octanol–water partition coefficient (Wildman–Crippen LogP) is 2.00. The van der Waals surface area contributed by atoms with Crippen LogP contribution in [-0.2, 0) is 14.8 Å². The van der Waals surface area contributed by atoms with Crippen molar-refractivity contribution >= 4 is 48.6 Å². The van der Waals surface area contributed by atoms with Crippen LogP contribution in [0.2, 0.25) is 0 Å². The van der Waals surface area contributed by atoms with Crippen LogP contribution in [0, 0.1) is 0 Å². The fourth-order valence-electron chi connectivity index (χ4n) is 3.77. The van der Waals surface area contributed by atoms with E-state index in [1.807, 2.05) is 7.05 Å². The Kier molecular flexibility index (Phi) is 5.94. The maximum absolute atomic E-state index is 12.3. The smallest absolute Gasteiger partial charge is 0.310 e. The normalized spacial score (nSPS) is 16.4. The lowest BCUT2D eigenvalue weighted by molar-refractivity contribution is -0.138. The number of hydrogen-bond donors (Lipinski definition) is 1. The van der Waals surface area contributed by atoms with Gasteiger partial charge < -0.3 is 14.9 Å². The molecule has 0 radical (unpaired) electrons. The van der Waals surface area contributed by atoms with Crippen molar-refractivity contribution < 1.29 is 18.3 Å². The standard InChI is InChI=1S/C20H23BrN6O4S/c1-12(20(28)29)14-8-13(10-23-19(14)26-6-4-25(2)5-7-26)18-15-9-17(21)22-11-16(15)27(24-18)32(3,30)31/h8-12H,4-7H2,1-3H3,(H,28,29). The summed E-state index contributed by atoms with van der Waals surface area (Å²) in [6.07, 6.45) is 4.12. The molecule has 0 aliphatic carbocycles. The van der Waals surface area contributed by atoms with E-state index in [2.05, 4.69) is 40.8 Å². The molecule has 3 aromatic rings. The monoisotopic (exact) mass is 522 g/mol. The summed E-state index contributed by atoms with van der Waals surface area (Å²) in [4.78, 5) is 24.9. The highest BCUT2D eigenvalue weighted by Crippen LogP contribution is 2.34. The second kappa shape index (κ2) is 8.41. The van der Waals surface area contributed by atoms with Crippen LogP contribution in [0.15, 0.2) is 29.1 Å². The molecule has 1 aliphatic heterocycles. The second-order valence-corrected chi connectivity index (χ2v) is 10.6. The van der Waals surface area contributed by atoms with Crippen molar-refractivity contribution in [3.05, 3.63) is 34.7 Å². The van der Waals surface area contributed by atoms with E-state index in [0.29, 0.717) is 38.1 Å². The summed E-state index contributed by atoms with van der Waals surface area (Å²) in [6.45, 7) is 4.82. The van der Waals surface area contributed by atoms with Crippen LogP contribution >= 0.6 is 15.9 Å². The SMILES string of the molecule is CC(C(=O)O)c1cc(-c2nn(S(C)(=O)=O)c3cnc(Br)cc23)cnc1N1CCN(C)CC1. The summed E-state index contributed by atoms with van der Waals surface area (Å²) in [7, 11) is -1.63. The Morgan fingerprint density at radius 2 is 1.84 bits per heavy atom. The molecule has 0 aromatic carbocycles. The quantitative estimate of drug-likeness (QED) is 0.501. The molecule has 0 saturated carbocycles. The minimum Gasteiger partial charge on any atom is -0.481 e. The zero-order valence-corrected chi connectivity index (χ0v) is 20.3. The van der Waals surface area contributed by atoms with Gasteiger partial charge in [0.25, 0.3) is 10.0 Å². The van der Waals surface area contributed by atoms with Crippen LogP contribution in [0.1, 0.15) is 18.4 Å². The van der Waals surface area contributed by atoms with Crippen LogP contribution in [-0.4, -0.2) is 83.0 Å². The van der Waals surface area contributed by atoms with E-state index in [1.54, 1.807) is 25.3 Å². The predicted molar refractivity (Wildman–Crippen MR) is 124 cm³/mol. The van der Waals surface area contributed by atoms with Crippen LogP contribution < -0.4 is 4.90 Å². The van der Waals surface area contributed by atoms with Gasteiger partial charge in [-0.05, 0) is 42.0 Å². The molecule has 1 aliphatic rings. The van der Waals surface area contributed by atoms with Gasteiger partial charge in [0.05, 0.1) is 18.4 Å². The van der Waals surface area contributed by atoms with E-state index >= 15 is 0 Å². The van der Waals surface area contributed by atoms with Gasteiger partial charge in [-0.15, -0.1) is 0 Å². The number of anilines is 1. The molecule has 0 amide bonds. The third-order valence-electron chi connectivity index (χ3n) is 5.62. The Morgan fingerprint density at radius 3 is 2.47 bits per heavy atom. The summed E-state index contributed by atoms with van der Waals surface area (Å²) in [6, 6.07) is 3.44. The Bertz CT molecular complexity index is 1300. The first-order valence-corrected chi connectivity index (χ1v) is 12.6. The van der Waals surface area contributed by atoms with Crippen molar-refractivity contribution in [3.8, 4) is 11.3 Å². The number of rotatable bonds is 5. The Hall–Kier alpha value is -2.57. The van der Waals surface area contributed by atoms with Crippen molar-refractivity contribution in [1.29, 1.82) is 0 Å². The number of piperazine rings is 1. The molecule has 1 atom stereocenters. The molecule has 1 fully saturated rings. The zero-order valence-electron chi connectivity index (χ0n) is 17.9. The number of fused-ring (bicyclic) bond motifs is 1. The first kappa shape index (κ1) is 22.6. The summed E-state index contributed by atoms with van der Waals surface area (Å²) >= 11 is 3.32. The van der Waals surface area contributed by atoms with Crippen LogP contribution in [0.5, 0.6) is 0 Å². The molecule has 10 nitrogen and oxygen atoms in total. The maximum atomic E-state index is 12.3. The van der Waals surface area contributed by atoms with Crippen LogP contribution in [0.4, 0.5) is 5.82 Å². The van der Waals surface area contributed by atoms with Crippen molar-refractivity contribution in [1.82, 2.24) is 24.1 Å². The number of carboxylic acids is 1. The molecule has 4 heterocycles. The van der Waals surface area contributed by atoms with Crippen LogP contribution in [0.25, 0.3) is 22.2 Å². The van der Waals surface area contributed by atoms with Gasteiger partial charge >= 0.3 is 5.97 Å². The van der Waals surface area contributed by atoms with Gasteiger partial charge in [0.15, 0.2) is 0 Å². The Balaban J connectivity index is 1.90. The zero-order chi connectivity index (χ0) is 23.2. The molecule has 0 bridgehead atoms. The van der Waals surface area contributed by atoms with E-state index in [4.69, 9.17) is 0 Å². The van der Waals surface area contributed by atoms with Crippen LogP contribution in [0.3, 0.4) is 0 Å². The van der Waals surface area contributed by atoms with Crippen molar-refractivity contribution in [2.75, 3.05) is 44.4 Å². The summed E-state index contributed by atoms with van der Waals surface area (Å²) in [5.41, 5.74) is 1.83. The van der Waals surface area contributed by atoms with E-state index in [9.17, 15) is 18.3 Å². The number of likely N-dealkylation sites (N-methyl/N-ethyl adjacent to an activating group) is 1. The lowest BCUT2D eigenvalue weighted by Gasteiger charge is -2.34. The third-order valence-corrected chi connectivity index (χ3v) is 6.96. The van der Waals surface area contributed by atoms with Crippen molar-refractivity contribution in [2.45, 2.75) is 12.8 Å². The number of pyridine rings is 2. The lowest BCUT2D eigenvalue weighted by atomic mass is 9.98. The topological polar surface area (TPSA) is 122 Å². The molecular formula is C20H23BrN6O4S. The van der Waals surface area contributed by atoms with E-state index < -0.39 is 21.9 Å². The highest BCUT2D eigenvalue weighted by molar-refractivity contribution is 9.10. The van der Waals surface area contributed by atoms with Gasteiger partial charge in [0, 0.05) is 48.9 Å². The van der Waals surface area contributed by atoms with Gasteiger partial charge in [0.1, 0.15) is 21.6 Å². The molecule has 3 aromatic heterocycles. The molecule has 4 rings (SSSR count). The third kappa shape index (κ3) is 4.21. The van der Waals surface area contributed by atoms with Crippen molar-refractivity contribution in [2.24, 2.45) is 0 Å². The highest BCUT2D eigenvalue weighted by atomic mass is 79.9. The average Bonchev–Trinajstić information content (AvgIpc) is 3.12. The maximum Gasteiger partial charge on any atom is 0.310 e. The summed E-state index contributed by atoms with van der Waals surface area (Å²) in [5, 5.41) is 14.6. The second-order valence-electron chi connectivity index (χ2n) is 7.97. The highest BCUT2D eigenvalue weighted by Gasteiger charge is 2.26. The number of aliphatic carboxylic acids is 1. The molecule has 1 N–H and O–H groups in total. The number of halogens is 1. The largest absolute Gasteiger partial charge is 0.481 e. The van der Waals surface area contributed by atoms with E-state index in [-0.39, 0.29) is 0 Å². The summed E-state index contributed by atoms with van der Waals surface area (Å²) in [5.74, 6) is -1.13. The van der Waals surface area contributed by atoms with Gasteiger partial charge in [-0.2, -0.15) is 9.19 Å². The number of hydrogen-bond acceptors (Lipinski definition) is 8. The van der Waals surface area contributed by atoms with Crippen molar-refractivity contribution in [3.63, 3.8) is 0 Å². The fraction of sp³-hybridized carbons (Fsp3) is 0.400. The summed E-state index contributed by atoms with van der Waals surface area (Å²) < 4.78 is 26.0. The van der Waals surface area contributed by atoms with Gasteiger partial charge in [-0.1, -0.05) is 0 Å². The number of nitrogens with zero attached hydrogens (tertiary/aromatic N) is 6. The first-order valence-electron chi connectivity index (χ1n) is 9.97. The lowest BCUT2D eigenvalue weighted by Crippen LogP contribution is -2.45. The molecule has 0 spiro atoms. The van der Waals surface area contributed by atoms with E-state index in [1.165, 1.54) is 6.20 Å². The van der Waals surface area contributed by atoms with Gasteiger partial charge in [-0.3, -0.25) is 4.79 Å². The van der Waals surface area contributed by atoms with Gasteiger partial charge in [-0.25, -0.2) is 18.4 Å². The number of aromatic nitrogens is 4. The molecular weight excluding hydrogens is 500 g/mol. The molecule has 1 saturated heterocycles. The minimum atomic E-state index is -3.68.